The Morgan fingerprint density at radius 1 is 1.44 bits per heavy atom. The van der Waals surface area contributed by atoms with Crippen molar-refractivity contribution in [3.63, 3.8) is 0 Å². The number of rotatable bonds is 6. The molecular formula is C10H17F3N4S. The van der Waals surface area contributed by atoms with Gasteiger partial charge in [0.1, 0.15) is 5.82 Å². The first-order valence-electron chi connectivity index (χ1n) is 5.61. The first kappa shape index (κ1) is 15.0. The zero-order valence-corrected chi connectivity index (χ0v) is 11.2. The largest absolute Gasteiger partial charge is 0.441 e. The standard InChI is InChI=1S/C10H17F3N4S/c1-3-4-7-8(14)9(17(2)16-7)15-5-6-18-10(11,12)13/h15H,3-6,14H2,1-2H3. The van der Waals surface area contributed by atoms with Crippen molar-refractivity contribution in [2.24, 2.45) is 7.05 Å². The number of nitrogens with two attached hydrogens (primary N) is 1. The number of halogens is 3. The van der Waals surface area contributed by atoms with Crippen LogP contribution in [0.15, 0.2) is 0 Å². The Bertz CT molecular complexity index is 389. The summed E-state index contributed by atoms with van der Waals surface area (Å²) < 4.78 is 37.4. The minimum atomic E-state index is -4.19. The number of nitrogens with zero attached hydrogens (tertiary/aromatic N) is 2. The summed E-state index contributed by atoms with van der Waals surface area (Å²) in [5, 5.41) is 7.11. The molecule has 0 unspecified atom stereocenters. The Labute approximate surface area is 108 Å². The van der Waals surface area contributed by atoms with Gasteiger partial charge < -0.3 is 11.1 Å². The molecule has 1 aromatic rings. The van der Waals surface area contributed by atoms with Gasteiger partial charge in [-0.1, -0.05) is 13.3 Å². The fraction of sp³-hybridized carbons (Fsp3) is 0.700. The number of anilines is 2. The van der Waals surface area contributed by atoms with E-state index in [2.05, 4.69) is 10.4 Å². The van der Waals surface area contributed by atoms with Gasteiger partial charge in [-0.3, -0.25) is 4.68 Å². The van der Waals surface area contributed by atoms with Crippen LogP contribution >= 0.6 is 11.8 Å². The first-order valence-corrected chi connectivity index (χ1v) is 6.59. The topological polar surface area (TPSA) is 55.9 Å². The molecule has 0 fully saturated rings. The van der Waals surface area contributed by atoms with Gasteiger partial charge >= 0.3 is 5.51 Å². The minimum Gasteiger partial charge on any atom is -0.394 e. The average molecular weight is 282 g/mol. The smallest absolute Gasteiger partial charge is 0.394 e. The lowest BCUT2D eigenvalue weighted by Gasteiger charge is -2.08. The van der Waals surface area contributed by atoms with Crippen LogP contribution in [0, 0.1) is 0 Å². The second-order valence-corrected chi connectivity index (χ2v) is 4.96. The number of alkyl halides is 3. The third kappa shape index (κ3) is 4.32. The van der Waals surface area contributed by atoms with Crippen LogP contribution < -0.4 is 11.1 Å². The monoisotopic (exact) mass is 282 g/mol. The molecular weight excluding hydrogens is 265 g/mol. The second-order valence-electron chi connectivity index (χ2n) is 3.80. The summed E-state index contributed by atoms with van der Waals surface area (Å²) in [7, 11) is 1.72. The Balaban J connectivity index is 2.52. The van der Waals surface area contributed by atoms with Crippen LogP contribution in [0.5, 0.6) is 0 Å². The molecule has 0 aliphatic heterocycles. The molecule has 8 heteroatoms. The normalized spacial score (nSPS) is 11.8. The van der Waals surface area contributed by atoms with Crippen LogP contribution in [0.1, 0.15) is 19.0 Å². The molecule has 0 amide bonds. The molecule has 0 aromatic carbocycles. The van der Waals surface area contributed by atoms with Gasteiger partial charge in [-0.2, -0.15) is 18.3 Å². The van der Waals surface area contributed by atoms with Crippen LogP contribution in [0.2, 0.25) is 0 Å². The molecule has 0 aliphatic carbocycles. The zero-order valence-electron chi connectivity index (χ0n) is 10.3. The zero-order chi connectivity index (χ0) is 13.8. The van der Waals surface area contributed by atoms with E-state index in [-0.39, 0.29) is 24.1 Å². The second kappa shape index (κ2) is 6.21. The van der Waals surface area contributed by atoms with Crippen molar-refractivity contribution < 1.29 is 13.2 Å². The van der Waals surface area contributed by atoms with Crippen LogP contribution in [-0.2, 0) is 13.5 Å². The van der Waals surface area contributed by atoms with Gasteiger partial charge in [0.25, 0.3) is 0 Å². The number of aryl methyl sites for hydroxylation is 2. The number of aromatic nitrogens is 2. The molecule has 1 aromatic heterocycles. The highest BCUT2D eigenvalue weighted by Crippen LogP contribution is 2.30. The van der Waals surface area contributed by atoms with Crippen LogP contribution in [0.25, 0.3) is 0 Å². The van der Waals surface area contributed by atoms with Crippen molar-refractivity contribution >= 4 is 23.3 Å². The molecule has 0 radical (unpaired) electrons. The fourth-order valence-corrected chi connectivity index (χ4v) is 2.00. The molecule has 1 heterocycles. The number of hydrogen-bond acceptors (Lipinski definition) is 4. The van der Waals surface area contributed by atoms with Gasteiger partial charge in [0.15, 0.2) is 0 Å². The van der Waals surface area contributed by atoms with E-state index < -0.39 is 5.51 Å². The Kier molecular flexibility index (Phi) is 5.18. The predicted octanol–water partition coefficient (Wildman–Crippen LogP) is 2.62. The molecule has 1 rings (SSSR count). The molecule has 0 saturated heterocycles. The average Bonchev–Trinajstić information content (AvgIpc) is 2.50. The van der Waals surface area contributed by atoms with E-state index in [1.54, 1.807) is 11.7 Å². The van der Waals surface area contributed by atoms with Gasteiger partial charge in [0, 0.05) is 19.3 Å². The van der Waals surface area contributed by atoms with Gasteiger partial charge in [0.05, 0.1) is 11.4 Å². The Hall–Kier alpha value is -1.05. The molecule has 0 spiro atoms. The molecule has 104 valence electrons. The maximum atomic E-state index is 11.9. The maximum Gasteiger partial charge on any atom is 0.441 e. The lowest BCUT2D eigenvalue weighted by atomic mass is 10.2. The van der Waals surface area contributed by atoms with Crippen molar-refractivity contribution in [2.75, 3.05) is 23.3 Å². The number of thioether (sulfide) groups is 1. The summed E-state index contributed by atoms with van der Waals surface area (Å²) in [6.07, 6.45) is 1.68. The molecule has 3 N–H and O–H groups in total. The number of nitrogens with one attached hydrogen (secondary N) is 1. The van der Waals surface area contributed by atoms with E-state index in [4.69, 9.17) is 5.73 Å². The Morgan fingerprint density at radius 3 is 2.67 bits per heavy atom. The molecule has 0 atom stereocenters. The third-order valence-corrected chi connectivity index (χ3v) is 3.04. The van der Waals surface area contributed by atoms with Gasteiger partial charge in [-0.15, -0.1) is 0 Å². The number of nitrogen functional groups attached to an aromatic ring is 1. The van der Waals surface area contributed by atoms with Crippen LogP contribution in [0.3, 0.4) is 0 Å². The van der Waals surface area contributed by atoms with E-state index in [1.807, 2.05) is 6.92 Å². The van der Waals surface area contributed by atoms with E-state index in [0.29, 0.717) is 11.5 Å². The lowest BCUT2D eigenvalue weighted by molar-refractivity contribution is -0.0327. The van der Waals surface area contributed by atoms with Gasteiger partial charge in [-0.25, -0.2) is 0 Å². The maximum absolute atomic E-state index is 11.9. The van der Waals surface area contributed by atoms with Gasteiger partial charge in [-0.05, 0) is 18.2 Å². The summed E-state index contributed by atoms with van der Waals surface area (Å²) in [5.41, 5.74) is 3.00. The van der Waals surface area contributed by atoms with E-state index in [1.165, 1.54) is 0 Å². The SMILES string of the molecule is CCCc1nn(C)c(NCCSC(F)(F)F)c1N. The van der Waals surface area contributed by atoms with Crippen molar-refractivity contribution in [1.82, 2.24) is 9.78 Å². The molecule has 0 saturated carbocycles. The summed E-state index contributed by atoms with van der Waals surface area (Å²) in [6.45, 7) is 2.21. The highest BCUT2D eigenvalue weighted by atomic mass is 32.2. The number of hydrogen-bond donors (Lipinski definition) is 2. The Morgan fingerprint density at radius 2 is 2.11 bits per heavy atom. The van der Waals surface area contributed by atoms with E-state index >= 15 is 0 Å². The highest BCUT2D eigenvalue weighted by Gasteiger charge is 2.27. The van der Waals surface area contributed by atoms with Crippen LogP contribution in [0.4, 0.5) is 24.7 Å². The van der Waals surface area contributed by atoms with Gasteiger partial charge in [0.2, 0.25) is 0 Å². The van der Waals surface area contributed by atoms with Crippen molar-refractivity contribution in [2.45, 2.75) is 25.3 Å². The summed E-state index contributed by atoms with van der Waals surface area (Å²) in [6, 6.07) is 0. The summed E-state index contributed by atoms with van der Waals surface area (Å²) in [4.78, 5) is 0. The molecule has 0 bridgehead atoms. The van der Waals surface area contributed by atoms with Crippen molar-refractivity contribution in [3.8, 4) is 0 Å². The minimum absolute atomic E-state index is 0.0514. The highest BCUT2D eigenvalue weighted by molar-refractivity contribution is 8.00. The van der Waals surface area contributed by atoms with Crippen LogP contribution in [-0.4, -0.2) is 27.6 Å². The van der Waals surface area contributed by atoms with Crippen molar-refractivity contribution in [1.29, 1.82) is 0 Å². The predicted molar refractivity (Wildman–Crippen MR) is 68.6 cm³/mol. The third-order valence-electron chi connectivity index (χ3n) is 2.31. The summed E-state index contributed by atoms with van der Waals surface area (Å²) >= 11 is -0.0514. The van der Waals surface area contributed by atoms with E-state index in [9.17, 15) is 13.2 Å². The first-order chi connectivity index (χ1) is 8.35. The molecule has 0 aliphatic rings. The molecule has 4 nitrogen and oxygen atoms in total. The fourth-order valence-electron chi connectivity index (χ4n) is 1.56. The summed E-state index contributed by atoms with van der Waals surface area (Å²) in [5.74, 6) is 0.526. The molecule has 18 heavy (non-hydrogen) atoms. The lowest BCUT2D eigenvalue weighted by Crippen LogP contribution is -2.12. The quantitative estimate of drug-likeness (QED) is 0.788. The van der Waals surface area contributed by atoms with E-state index in [0.717, 1.165) is 18.5 Å². The van der Waals surface area contributed by atoms with Crippen molar-refractivity contribution in [3.05, 3.63) is 5.69 Å².